The maximum atomic E-state index is 12.9. The number of nitrogens with one attached hydrogen (secondary N) is 1. The monoisotopic (exact) mass is 399 g/mol. The lowest BCUT2D eigenvalue weighted by molar-refractivity contribution is 0.101. The fourth-order valence-corrected chi connectivity index (χ4v) is 2.94. The number of rotatable bonds is 5. The first-order chi connectivity index (χ1) is 13.3. The van der Waals surface area contributed by atoms with E-state index in [1.807, 2.05) is 39.8 Å². The van der Waals surface area contributed by atoms with Crippen LogP contribution in [-0.2, 0) is 0 Å². The first-order valence-corrected chi connectivity index (χ1v) is 9.27. The maximum absolute atomic E-state index is 12.9. The third-order valence-electron chi connectivity index (χ3n) is 4.22. The fraction of sp³-hybridized carbons (Fsp3) is 0.286. The predicted molar refractivity (Wildman–Crippen MR) is 111 cm³/mol. The Bertz CT molecular complexity index is 1050. The zero-order valence-electron chi connectivity index (χ0n) is 16.5. The van der Waals surface area contributed by atoms with E-state index in [0.717, 1.165) is 11.1 Å². The first-order valence-electron chi connectivity index (χ1n) is 8.89. The standard InChI is InChI=1S/C21H22ClN3O3/c1-11(2)28-21-19(24-16-8-12(3)13(4)9-17(16)25-21)20(26)23-14-6-7-18(27-5)15(22)10-14/h6-11H,1-5H3,(H,23,26). The number of carbonyl (C=O) groups is 1. The number of methoxy groups -OCH3 is 1. The van der Waals surface area contributed by atoms with Crippen molar-refractivity contribution in [2.45, 2.75) is 33.8 Å². The van der Waals surface area contributed by atoms with Crippen molar-refractivity contribution in [2.75, 3.05) is 12.4 Å². The third kappa shape index (κ3) is 4.17. The maximum Gasteiger partial charge on any atom is 0.279 e. The van der Waals surface area contributed by atoms with Crippen LogP contribution in [0.25, 0.3) is 11.0 Å². The van der Waals surface area contributed by atoms with Crippen LogP contribution in [0.1, 0.15) is 35.5 Å². The molecule has 28 heavy (non-hydrogen) atoms. The molecule has 146 valence electrons. The van der Waals surface area contributed by atoms with Crippen molar-refractivity contribution >= 4 is 34.2 Å². The van der Waals surface area contributed by atoms with E-state index >= 15 is 0 Å². The number of hydrogen-bond acceptors (Lipinski definition) is 5. The predicted octanol–water partition coefficient (Wildman–Crippen LogP) is 4.95. The molecule has 0 aliphatic carbocycles. The molecular weight excluding hydrogens is 378 g/mol. The normalized spacial score (nSPS) is 11.0. The van der Waals surface area contributed by atoms with Gasteiger partial charge in [-0.05, 0) is 69.2 Å². The Hall–Kier alpha value is -2.86. The number of anilines is 1. The zero-order valence-corrected chi connectivity index (χ0v) is 17.2. The summed E-state index contributed by atoms with van der Waals surface area (Å²) in [6.07, 6.45) is -0.153. The number of fused-ring (bicyclic) bond motifs is 1. The number of ether oxygens (including phenoxy) is 2. The Morgan fingerprint density at radius 3 is 2.29 bits per heavy atom. The van der Waals surface area contributed by atoms with Crippen molar-refractivity contribution in [2.24, 2.45) is 0 Å². The van der Waals surface area contributed by atoms with Crippen LogP contribution >= 0.6 is 11.6 Å². The zero-order chi connectivity index (χ0) is 20.4. The molecule has 0 aliphatic rings. The molecule has 0 bridgehead atoms. The molecule has 0 saturated heterocycles. The van der Waals surface area contributed by atoms with Gasteiger partial charge >= 0.3 is 0 Å². The van der Waals surface area contributed by atoms with Crippen molar-refractivity contribution in [3.63, 3.8) is 0 Å². The summed E-state index contributed by atoms with van der Waals surface area (Å²) in [5.74, 6) is 0.298. The molecule has 0 unspecified atom stereocenters. The molecule has 1 N–H and O–H groups in total. The van der Waals surface area contributed by atoms with E-state index in [4.69, 9.17) is 21.1 Å². The van der Waals surface area contributed by atoms with Crippen LogP contribution in [0.15, 0.2) is 30.3 Å². The van der Waals surface area contributed by atoms with Gasteiger partial charge < -0.3 is 14.8 Å². The highest BCUT2D eigenvalue weighted by molar-refractivity contribution is 6.32. The van der Waals surface area contributed by atoms with E-state index in [1.165, 1.54) is 7.11 Å². The molecule has 7 heteroatoms. The SMILES string of the molecule is COc1ccc(NC(=O)c2nc3cc(C)c(C)cc3nc2OC(C)C)cc1Cl. The topological polar surface area (TPSA) is 73.3 Å². The van der Waals surface area contributed by atoms with E-state index < -0.39 is 5.91 Å². The lowest BCUT2D eigenvalue weighted by atomic mass is 10.1. The fourth-order valence-electron chi connectivity index (χ4n) is 2.68. The summed E-state index contributed by atoms with van der Waals surface area (Å²) in [5, 5.41) is 3.19. The molecule has 0 aliphatic heterocycles. The molecule has 0 spiro atoms. The van der Waals surface area contributed by atoms with Crippen LogP contribution in [0.2, 0.25) is 5.02 Å². The van der Waals surface area contributed by atoms with Gasteiger partial charge in [-0.1, -0.05) is 11.6 Å². The molecule has 2 aromatic carbocycles. The van der Waals surface area contributed by atoms with Crippen molar-refractivity contribution in [1.29, 1.82) is 0 Å². The minimum absolute atomic E-state index is 0.122. The van der Waals surface area contributed by atoms with Crippen molar-refractivity contribution < 1.29 is 14.3 Å². The number of halogens is 1. The second kappa shape index (κ2) is 8.02. The second-order valence-electron chi connectivity index (χ2n) is 6.77. The highest BCUT2D eigenvalue weighted by Crippen LogP contribution is 2.28. The van der Waals surface area contributed by atoms with Gasteiger partial charge in [0.2, 0.25) is 5.88 Å². The molecule has 0 radical (unpaired) electrons. The molecule has 1 heterocycles. The minimum atomic E-state index is -0.426. The number of aryl methyl sites for hydroxylation is 2. The van der Waals surface area contributed by atoms with E-state index in [2.05, 4.69) is 15.3 Å². The van der Waals surface area contributed by atoms with Crippen LogP contribution in [0, 0.1) is 13.8 Å². The molecule has 6 nitrogen and oxygen atoms in total. The van der Waals surface area contributed by atoms with Crippen LogP contribution in [0.5, 0.6) is 11.6 Å². The van der Waals surface area contributed by atoms with E-state index in [9.17, 15) is 4.79 Å². The quantitative estimate of drug-likeness (QED) is 0.657. The molecule has 3 aromatic rings. The van der Waals surface area contributed by atoms with E-state index in [0.29, 0.717) is 27.5 Å². The first kappa shape index (κ1) is 19.9. The average molecular weight is 400 g/mol. The van der Waals surface area contributed by atoms with Crippen LogP contribution < -0.4 is 14.8 Å². The van der Waals surface area contributed by atoms with E-state index in [1.54, 1.807) is 18.2 Å². The van der Waals surface area contributed by atoms with Crippen molar-refractivity contribution in [3.8, 4) is 11.6 Å². The molecular formula is C21H22ClN3O3. The van der Waals surface area contributed by atoms with Crippen LogP contribution in [0.4, 0.5) is 5.69 Å². The van der Waals surface area contributed by atoms with E-state index in [-0.39, 0.29) is 17.7 Å². The number of hydrogen-bond donors (Lipinski definition) is 1. The second-order valence-corrected chi connectivity index (χ2v) is 7.18. The number of benzene rings is 2. The number of nitrogens with zero attached hydrogens (tertiary/aromatic N) is 2. The smallest absolute Gasteiger partial charge is 0.279 e. The molecule has 1 aromatic heterocycles. The highest BCUT2D eigenvalue weighted by Gasteiger charge is 2.20. The summed E-state index contributed by atoms with van der Waals surface area (Å²) in [5.41, 5.74) is 4.14. The molecule has 0 fully saturated rings. The van der Waals surface area contributed by atoms with Gasteiger partial charge in [-0.15, -0.1) is 0 Å². The van der Waals surface area contributed by atoms with Crippen molar-refractivity contribution in [3.05, 3.63) is 52.2 Å². The minimum Gasteiger partial charge on any atom is -0.495 e. The lowest BCUT2D eigenvalue weighted by Crippen LogP contribution is -2.18. The average Bonchev–Trinajstić information content (AvgIpc) is 2.62. The summed E-state index contributed by atoms with van der Waals surface area (Å²) >= 11 is 6.14. The Morgan fingerprint density at radius 2 is 1.71 bits per heavy atom. The Morgan fingerprint density at radius 1 is 1.07 bits per heavy atom. The molecule has 3 rings (SSSR count). The Labute approximate surface area is 168 Å². The molecule has 0 atom stereocenters. The van der Waals surface area contributed by atoms with Crippen LogP contribution in [0.3, 0.4) is 0 Å². The summed E-state index contributed by atoms with van der Waals surface area (Å²) in [7, 11) is 1.53. The highest BCUT2D eigenvalue weighted by atomic mass is 35.5. The van der Waals surface area contributed by atoms with Gasteiger partial charge in [0.05, 0.1) is 29.3 Å². The van der Waals surface area contributed by atoms with Gasteiger partial charge in [-0.25, -0.2) is 9.97 Å². The number of aromatic nitrogens is 2. The molecule has 0 saturated carbocycles. The van der Waals surface area contributed by atoms with Gasteiger partial charge in [-0.2, -0.15) is 0 Å². The van der Waals surface area contributed by atoms with Gasteiger partial charge in [-0.3, -0.25) is 4.79 Å². The summed E-state index contributed by atoms with van der Waals surface area (Å²) in [4.78, 5) is 22.0. The van der Waals surface area contributed by atoms with Crippen LogP contribution in [-0.4, -0.2) is 29.1 Å². The van der Waals surface area contributed by atoms with Gasteiger partial charge in [0.1, 0.15) is 5.75 Å². The van der Waals surface area contributed by atoms with Crippen molar-refractivity contribution in [1.82, 2.24) is 9.97 Å². The van der Waals surface area contributed by atoms with Gasteiger partial charge in [0, 0.05) is 5.69 Å². The summed E-state index contributed by atoms with van der Waals surface area (Å²) < 4.78 is 10.9. The van der Waals surface area contributed by atoms with Gasteiger partial charge in [0.25, 0.3) is 5.91 Å². The summed E-state index contributed by atoms with van der Waals surface area (Å²) in [6.45, 7) is 7.75. The largest absolute Gasteiger partial charge is 0.495 e. The number of amides is 1. The Kier molecular flexibility index (Phi) is 5.70. The summed E-state index contributed by atoms with van der Waals surface area (Å²) in [6, 6.07) is 8.85. The third-order valence-corrected chi connectivity index (χ3v) is 4.52. The van der Waals surface area contributed by atoms with Gasteiger partial charge in [0.15, 0.2) is 5.69 Å². The number of carbonyl (C=O) groups excluding carboxylic acids is 1. The molecule has 1 amide bonds. The Balaban J connectivity index is 2.02. The lowest BCUT2D eigenvalue weighted by Gasteiger charge is -2.14.